The molecular formula is C27H20F3N3O. The van der Waals surface area contributed by atoms with Crippen molar-refractivity contribution in [2.75, 3.05) is 0 Å². The van der Waals surface area contributed by atoms with Crippen molar-refractivity contribution >= 4 is 27.7 Å². The Morgan fingerprint density at radius 1 is 0.912 bits per heavy atom. The van der Waals surface area contributed by atoms with Gasteiger partial charge in [0.05, 0.1) is 28.8 Å². The molecule has 0 bridgehead atoms. The molecule has 3 aromatic carbocycles. The van der Waals surface area contributed by atoms with Gasteiger partial charge in [0.25, 0.3) is 5.91 Å². The highest BCUT2D eigenvalue weighted by Crippen LogP contribution is 2.35. The Balaban J connectivity index is 1.58. The minimum atomic E-state index is -4.39. The van der Waals surface area contributed by atoms with E-state index in [9.17, 15) is 18.0 Å². The zero-order valence-electron chi connectivity index (χ0n) is 18.2. The maximum atomic E-state index is 13.1. The van der Waals surface area contributed by atoms with E-state index in [1.807, 2.05) is 60.0 Å². The van der Waals surface area contributed by atoms with Crippen LogP contribution in [0.5, 0.6) is 0 Å². The van der Waals surface area contributed by atoms with E-state index in [1.165, 1.54) is 12.1 Å². The smallest absolute Gasteiger partial charge is 0.346 e. The van der Waals surface area contributed by atoms with Gasteiger partial charge in [-0.15, -0.1) is 0 Å². The van der Waals surface area contributed by atoms with Crippen LogP contribution in [0.1, 0.15) is 27.2 Å². The molecule has 2 heterocycles. The largest absolute Gasteiger partial charge is 0.416 e. The molecule has 0 unspecified atom stereocenters. The highest BCUT2D eigenvalue weighted by atomic mass is 19.4. The molecule has 5 aromatic rings. The lowest BCUT2D eigenvalue weighted by molar-refractivity contribution is -0.137. The van der Waals surface area contributed by atoms with Crippen LogP contribution in [-0.4, -0.2) is 15.5 Å². The second-order valence-electron chi connectivity index (χ2n) is 8.14. The minimum Gasteiger partial charge on any atom is -0.346 e. The zero-order valence-corrected chi connectivity index (χ0v) is 18.2. The number of aromatic nitrogens is 2. The summed E-state index contributed by atoms with van der Waals surface area (Å²) in [6.45, 7) is 2.29. The molecule has 170 valence electrons. The number of rotatable bonds is 4. The molecule has 1 amide bonds. The quantitative estimate of drug-likeness (QED) is 0.336. The van der Waals surface area contributed by atoms with E-state index >= 15 is 0 Å². The van der Waals surface area contributed by atoms with Crippen molar-refractivity contribution < 1.29 is 18.0 Å². The number of carbonyl (C=O) groups excluding carboxylic acids is 1. The molecule has 0 saturated heterocycles. The first-order chi connectivity index (χ1) is 16.3. The first-order valence-electron chi connectivity index (χ1n) is 10.7. The summed E-state index contributed by atoms with van der Waals surface area (Å²) >= 11 is 0. The Morgan fingerprint density at radius 2 is 1.62 bits per heavy atom. The Hall–Kier alpha value is -4.13. The number of hydrogen-bond acceptors (Lipinski definition) is 2. The summed E-state index contributed by atoms with van der Waals surface area (Å²) in [6.07, 6.45) is -2.72. The van der Waals surface area contributed by atoms with Gasteiger partial charge in [-0.25, -0.2) is 0 Å². The van der Waals surface area contributed by atoms with Crippen molar-refractivity contribution in [3.05, 3.63) is 107 Å². The van der Waals surface area contributed by atoms with Gasteiger partial charge < -0.3 is 9.88 Å². The molecule has 0 saturated carbocycles. The zero-order chi connectivity index (χ0) is 23.9. The first-order valence-corrected chi connectivity index (χ1v) is 10.7. The van der Waals surface area contributed by atoms with Crippen LogP contribution in [0.15, 0.2) is 85.1 Å². The molecule has 7 heteroatoms. The number of alkyl halides is 3. The van der Waals surface area contributed by atoms with Gasteiger partial charge in [0.15, 0.2) is 0 Å². The molecule has 0 aliphatic heterocycles. The van der Waals surface area contributed by atoms with E-state index in [-0.39, 0.29) is 5.91 Å². The third kappa shape index (κ3) is 4.01. The third-order valence-corrected chi connectivity index (χ3v) is 5.79. The van der Waals surface area contributed by atoms with E-state index in [1.54, 1.807) is 12.3 Å². The lowest BCUT2D eigenvalue weighted by Crippen LogP contribution is -2.23. The standard InChI is InChI=1S/C27H20F3N3O/c1-17-5-11-24-22(14-17)23-15-18(26(34)32-16-20-4-2-3-13-31-20)6-12-25(23)33(24)21-9-7-19(8-10-21)27(28,29)30/h2-15H,16H2,1H3,(H,32,34). The van der Waals surface area contributed by atoms with Crippen LogP contribution in [0.2, 0.25) is 0 Å². The van der Waals surface area contributed by atoms with Gasteiger partial charge in [-0.1, -0.05) is 17.7 Å². The van der Waals surface area contributed by atoms with Gasteiger partial charge in [0.2, 0.25) is 0 Å². The number of amides is 1. The average molecular weight is 459 g/mol. The van der Waals surface area contributed by atoms with Crippen LogP contribution in [0.3, 0.4) is 0 Å². The van der Waals surface area contributed by atoms with Crippen molar-refractivity contribution in [1.29, 1.82) is 0 Å². The van der Waals surface area contributed by atoms with Crippen LogP contribution in [0.25, 0.3) is 27.5 Å². The van der Waals surface area contributed by atoms with Crippen LogP contribution in [0.4, 0.5) is 13.2 Å². The van der Waals surface area contributed by atoms with Crippen molar-refractivity contribution in [2.24, 2.45) is 0 Å². The number of fused-ring (bicyclic) bond motifs is 3. The van der Waals surface area contributed by atoms with Crippen LogP contribution < -0.4 is 5.32 Å². The lowest BCUT2D eigenvalue weighted by atomic mass is 10.1. The van der Waals surface area contributed by atoms with Gasteiger partial charge in [-0.3, -0.25) is 9.78 Å². The molecule has 34 heavy (non-hydrogen) atoms. The van der Waals surface area contributed by atoms with E-state index in [0.717, 1.165) is 45.2 Å². The summed E-state index contributed by atoms with van der Waals surface area (Å²) in [5.74, 6) is -0.226. The van der Waals surface area contributed by atoms with E-state index < -0.39 is 11.7 Å². The minimum absolute atomic E-state index is 0.226. The normalized spacial score (nSPS) is 11.8. The fourth-order valence-corrected chi connectivity index (χ4v) is 4.13. The molecule has 5 rings (SSSR count). The predicted molar refractivity (Wildman–Crippen MR) is 126 cm³/mol. The van der Waals surface area contributed by atoms with E-state index in [0.29, 0.717) is 17.8 Å². The van der Waals surface area contributed by atoms with Gasteiger partial charge in [0, 0.05) is 28.2 Å². The van der Waals surface area contributed by atoms with Gasteiger partial charge >= 0.3 is 6.18 Å². The van der Waals surface area contributed by atoms with Crippen molar-refractivity contribution in [2.45, 2.75) is 19.6 Å². The van der Waals surface area contributed by atoms with Crippen LogP contribution in [-0.2, 0) is 12.7 Å². The lowest BCUT2D eigenvalue weighted by Gasteiger charge is -2.11. The molecule has 0 aliphatic carbocycles. The number of pyridine rings is 1. The summed E-state index contributed by atoms with van der Waals surface area (Å²) in [5, 5.41) is 4.66. The molecule has 0 aliphatic rings. The van der Waals surface area contributed by atoms with Crippen molar-refractivity contribution in [3.8, 4) is 5.69 Å². The van der Waals surface area contributed by atoms with Crippen LogP contribution in [0, 0.1) is 6.92 Å². The van der Waals surface area contributed by atoms with Gasteiger partial charge in [-0.2, -0.15) is 13.2 Å². The number of nitrogens with one attached hydrogen (secondary N) is 1. The fraction of sp³-hybridized carbons (Fsp3) is 0.111. The number of halogens is 3. The highest BCUT2D eigenvalue weighted by molar-refractivity contribution is 6.11. The molecule has 4 nitrogen and oxygen atoms in total. The number of carbonyl (C=O) groups is 1. The molecule has 0 radical (unpaired) electrons. The Labute approximate surface area is 193 Å². The Kier molecular flexibility index (Phi) is 5.32. The Morgan fingerprint density at radius 3 is 2.29 bits per heavy atom. The first kappa shape index (κ1) is 21.7. The van der Waals surface area contributed by atoms with Crippen LogP contribution >= 0.6 is 0 Å². The summed E-state index contributed by atoms with van der Waals surface area (Å²) in [4.78, 5) is 17.0. The van der Waals surface area contributed by atoms with Gasteiger partial charge in [0.1, 0.15) is 0 Å². The number of hydrogen-bond donors (Lipinski definition) is 1. The Bertz CT molecular complexity index is 1500. The average Bonchev–Trinajstić information content (AvgIpc) is 3.15. The maximum Gasteiger partial charge on any atom is 0.416 e. The van der Waals surface area contributed by atoms with Crippen molar-refractivity contribution in [1.82, 2.24) is 14.9 Å². The van der Waals surface area contributed by atoms with E-state index in [4.69, 9.17) is 0 Å². The van der Waals surface area contributed by atoms with E-state index in [2.05, 4.69) is 10.3 Å². The third-order valence-electron chi connectivity index (χ3n) is 5.79. The number of benzene rings is 3. The molecule has 1 N–H and O–H groups in total. The summed E-state index contributed by atoms with van der Waals surface area (Å²) < 4.78 is 41.1. The highest BCUT2D eigenvalue weighted by Gasteiger charge is 2.30. The summed E-state index contributed by atoms with van der Waals surface area (Å²) in [6, 6.07) is 21.9. The number of aryl methyl sites for hydroxylation is 1. The second-order valence-corrected chi connectivity index (χ2v) is 8.14. The molecular weight excluding hydrogens is 439 g/mol. The number of nitrogens with zero attached hydrogens (tertiary/aromatic N) is 2. The second kappa shape index (κ2) is 8.33. The molecule has 0 atom stereocenters. The monoisotopic (exact) mass is 459 g/mol. The molecule has 0 fully saturated rings. The van der Waals surface area contributed by atoms with Crippen molar-refractivity contribution in [3.63, 3.8) is 0 Å². The summed E-state index contributed by atoms with van der Waals surface area (Å²) in [7, 11) is 0. The maximum absolute atomic E-state index is 13.1. The molecule has 2 aromatic heterocycles. The fourth-order valence-electron chi connectivity index (χ4n) is 4.13. The SMILES string of the molecule is Cc1ccc2c(c1)c1cc(C(=O)NCc3ccccn3)ccc1n2-c1ccc(C(F)(F)F)cc1. The van der Waals surface area contributed by atoms with Gasteiger partial charge in [-0.05, 0) is 73.7 Å². The predicted octanol–water partition coefficient (Wildman–Crippen LogP) is 6.44. The topological polar surface area (TPSA) is 46.9 Å². The molecule has 0 spiro atoms. The summed E-state index contributed by atoms with van der Waals surface area (Å²) in [5.41, 5.74) is 3.88.